The first-order chi connectivity index (χ1) is 15.9. The Morgan fingerprint density at radius 2 is 1.16 bits per heavy atom. The van der Waals surface area contributed by atoms with Gasteiger partial charge in [-0.05, 0) is 65.8 Å². The van der Waals surface area contributed by atoms with Crippen molar-refractivity contribution >= 4 is 41.9 Å². The zero-order chi connectivity index (χ0) is 26.6. The minimum absolute atomic E-state index is 0. The molecule has 216 valence electrons. The quantitative estimate of drug-likeness (QED) is 0.335. The lowest BCUT2D eigenvalue weighted by Crippen LogP contribution is -2.41. The van der Waals surface area contributed by atoms with E-state index in [1.54, 1.807) is 24.3 Å². The van der Waals surface area contributed by atoms with Crippen LogP contribution >= 0.6 is 15.9 Å². The number of carbonyl (C=O) groups is 1. The molecule has 2 aliphatic heterocycles. The minimum Gasteiger partial charge on any atom is -0.465 e. The molecule has 0 aliphatic carbocycles. The Morgan fingerprint density at radius 1 is 0.763 bits per heavy atom. The van der Waals surface area contributed by atoms with E-state index in [4.69, 9.17) is 4.74 Å². The van der Waals surface area contributed by atoms with Crippen LogP contribution in [0.1, 0.15) is 85.3 Å². The van der Waals surface area contributed by atoms with Gasteiger partial charge in [0.05, 0.1) is 22.5 Å². The lowest BCUT2D eigenvalue weighted by molar-refractivity contribution is 0.0598. The van der Waals surface area contributed by atoms with Crippen molar-refractivity contribution in [3.05, 3.63) is 57.6 Å². The molecular weight excluding hydrogens is 592 g/mol. The Bertz CT molecular complexity index is 1380. The fraction of sp³-hybridized carbons (Fsp3) is 0.519. The molecule has 2 aromatic carbocycles. The van der Waals surface area contributed by atoms with Crippen LogP contribution in [-0.4, -0.2) is 49.6 Å². The van der Waals surface area contributed by atoms with Crippen LogP contribution in [0.5, 0.6) is 0 Å². The topological polar surface area (TPSA) is 101 Å². The summed E-state index contributed by atoms with van der Waals surface area (Å²) in [5.74, 6) is -0.511. The second-order valence-electron chi connectivity index (χ2n) is 10.4. The van der Waals surface area contributed by atoms with Gasteiger partial charge in [-0.2, -0.15) is 8.61 Å². The van der Waals surface area contributed by atoms with Crippen LogP contribution in [0.3, 0.4) is 0 Å². The largest absolute Gasteiger partial charge is 0.465 e. The van der Waals surface area contributed by atoms with Gasteiger partial charge in [0.1, 0.15) is 0 Å². The third-order valence-corrected chi connectivity index (χ3v) is 11.0. The maximum Gasteiger partial charge on any atom is 0.338 e. The molecule has 0 radical (unpaired) electrons. The number of hydrogen-bond acceptors (Lipinski definition) is 6. The molecule has 0 fully saturated rings. The minimum atomic E-state index is -3.54. The Balaban J connectivity index is 0.000000675. The summed E-state index contributed by atoms with van der Waals surface area (Å²) < 4.78 is 58.0. The Morgan fingerprint density at radius 3 is 1.55 bits per heavy atom. The van der Waals surface area contributed by atoms with Crippen molar-refractivity contribution in [1.82, 2.24) is 8.61 Å². The van der Waals surface area contributed by atoms with Crippen molar-refractivity contribution in [2.45, 2.75) is 97.8 Å². The van der Waals surface area contributed by atoms with Crippen LogP contribution in [0.4, 0.5) is 0 Å². The molecule has 0 saturated carbocycles. The molecule has 4 rings (SSSR count). The van der Waals surface area contributed by atoms with E-state index in [1.807, 2.05) is 47.6 Å². The van der Waals surface area contributed by atoms with E-state index in [0.717, 1.165) is 10.0 Å². The fourth-order valence-electron chi connectivity index (χ4n) is 4.10. The molecule has 38 heavy (non-hydrogen) atoms. The highest BCUT2D eigenvalue weighted by atomic mass is 79.9. The second kappa shape index (κ2) is 12.2. The molecule has 0 N–H and O–H groups in total. The number of carbonyl (C=O) groups excluding carboxylic acids is 1. The summed E-state index contributed by atoms with van der Waals surface area (Å²) in [5.41, 5.74) is 0.764. The molecule has 0 spiro atoms. The zero-order valence-electron chi connectivity index (χ0n) is 20.9. The van der Waals surface area contributed by atoms with Gasteiger partial charge in [-0.1, -0.05) is 50.3 Å². The van der Waals surface area contributed by atoms with Crippen molar-refractivity contribution in [3.8, 4) is 0 Å². The molecule has 2 heterocycles. The van der Waals surface area contributed by atoms with Gasteiger partial charge in [-0.25, -0.2) is 21.6 Å². The summed E-state index contributed by atoms with van der Waals surface area (Å²) in [5, 5.41) is 0. The van der Waals surface area contributed by atoms with Crippen LogP contribution in [0, 0.1) is 0 Å². The molecule has 2 aliphatic rings. The smallest absolute Gasteiger partial charge is 0.338 e. The maximum absolute atomic E-state index is 12.5. The van der Waals surface area contributed by atoms with Crippen LogP contribution < -0.4 is 0 Å². The van der Waals surface area contributed by atoms with Crippen molar-refractivity contribution < 1.29 is 26.4 Å². The number of hydrogen-bond donors (Lipinski definition) is 0. The molecule has 0 bridgehead atoms. The van der Waals surface area contributed by atoms with E-state index in [1.165, 1.54) is 21.8 Å². The van der Waals surface area contributed by atoms with Crippen molar-refractivity contribution in [2.75, 3.05) is 7.11 Å². The highest BCUT2D eigenvalue weighted by Gasteiger charge is 2.43. The molecular formula is C27H43BrN2O6S2. The van der Waals surface area contributed by atoms with Gasteiger partial charge in [0.2, 0.25) is 20.0 Å². The van der Waals surface area contributed by atoms with Gasteiger partial charge >= 0.3 is 5.97 Å². The molecule has 0 atom stereocenters. The van der Waals surface area contributed by atoms with E-state index < -0.39 is 37.1 Å². The molecule has 0 unspecified atom stereocenters. The fourth-order valence-corrected chi connectivity index (χ4v) is 8.71. The molecule has 8 nitrogen and oxygen atoms in total. The van der Waals surface area contributed by atoms with E-state index in [-0.39, 0.29) is 33.7 Å². The third kappa shape index (κ3) is 6.50. The first-order valence-corrected chi connectivity index (χ1v) is 14.6. The lowest BCUT2D eigenvalue weighted by Gasteiger charge is -2.29. The predicted molar refractivity (Wildman–Crippen MR) is 157 cm³/mol. The van der Waals surface area contributed by atoms with E-state index in [0.29, 0.717) is 22.6 Å². The summed E-state index contributed by atoms with van der Waals surface area (Å²) in [4.78, 5) is 12.3. The van der Waals surface area contributed by atoms with Crippen LogP contribution in [-0.2, 0) is 37.9 Å². The molecule has 0 aromatic heterocycles. The summed E-state index contributed by atoms with van der Waals surface area (Å²) in [6, 6.07) is 9.98. The SMILES string of the molecule is C.C.C.CC(C)(C)N1Cc2c(Br)cccc2S1(=O)=O.COC(=O)c1cccc2c1CN(C(C)(C)C)S2(=O)=O. The molecule has 11 heteroatoms. The molecule has 0 saturated heterocycles. The standard InChI is InChI=1S/C13H17NO4S.C11H14BrNO2S.3CH4/c1-13(2,3)14-8-10-9(12(15)18-4)6-5-7-11(10)19(14,16)17;1-11(2,3)13-7-8-9(12)5-4-6-10(8)16(13,14)15;;;/h5-7H,8H2,1-4H3;4-6H,7H2,1-3H3;3*1H4. The van der Waals surface area contributed by atoms with Crippen LogP contribution in [0.25, 0.3) is 0 Å². The number of benzene rings is 2. The van der Waals surface area contributed by atoms with Crippen molar-refractivity contribution in [1.29, 1.82) is 0 Å². The Hall–Kier alpha value is -1.79. The van der Waals surface area contributed by atoms with E-state index in [9.17, 15) is 21.6 Å². The predicted octanol–water partition coefficient (Wildman–Crippen LogP) is 6.44. The summed E-state index contributed by atoms with van der Waals surface area (Å²) in [6.07, 6.45) is 0. The molecule has 0 amide bonds. The number of sulfonamides is 2. The summed E-state index contributed by atoms with van der Waals surface area (Å²) in [7, 11) is -5.58. The van der Waals surface area contributed by atoms with Crippen molar-refractivity contribution in [3.63, 3.8) is 0 Å². The Kier molecular flexibility index (Phi) is 11.6. The number of nitrogens with zero attached hydrogens (tertiary/aromatic N) is 2. The van der Waals surface area contributed by atoms with Gasteiger partial charge < -0.3 is 4.74 Å². The second-order valence-corrected chi connectivity index (χ2v) is 14.9. The Labute approximate surface area is 238 Å². The van der Waals surface area contributed by atoms with E-state index in [2.05, 4.69) is 15.9 Å². The third-order valence-electron chi connectivity index (χ3n) is 5.85. The lowest BCUT2D eigenvalue weighted by atomic mass is 10.0. The average molecular weight is 636 g/mol. The molecule has 2 aromatic rings. The van der Waals surface area contributed by atoms with Crippen LogP contribution in [0.15, 0.2) is 50.7 Å². The van der Waals surface area contributed by atoms with Gasteiger partial charge in [-0.3, -0.25) is 0 Å². The number of rotatable bonds is 1. The van der Waals surface area contributed by atoms with Gasteiger partial charge in [-0.15, -0.1) is 0 Å². The normalized spacial score (nSPS) is 17.4. The number of halogens is 1. The number of esters is 1. The van der Waals surface area contributed by atoms with Crippen LogP contribution in [0.2, 0.25) is 0 Å². The average Bonchev–Trinajstić information content (AvgIpc) is 3.19. The number of fused-ring (bicyclic) bond motifs is 2. The first kappa shape index (κ1) is 36.2. The van der Waals surface area contributed by atoms with Crippen molar-refractivity contribution in [2.24, 2.45) is 0 Å². The number of methoxy groups -OCH3 is 1. The van der Waals surface area contributed by atoms with Gasteiger partial charge in [0.15, 0.2) is 0 Å². The number of ether oxygens (including phenoxy) is 1. The monoisotopic (exact) mass is 634 g/mol. The maximum atomic E-state index is 12.5. The highest BCUT2D eigenvalue weighted by Crippen LogP contribution is 2.39. The van der Waals surface area contributed by atoms with Gasteiger partial charge in [0.25, 0.3) is 0 Å². The van der Waals surface area contributed by atoms with E-state index >= 15 is 0 Å². The highest BCUT2D eigenvalue weighted by molar-refractivity contribution is 9.10. The zero-order valence-corrected chi connectivity index (χ0v) is 24.1. The first-order valence-electron chi connectivity index (χ1n) is 11.0. The summed E-state index contributed by atoms with van der Waals surface area (Å²) in [6.45, 7) is 11.9. The van der Waals surface area contributed by atoms with Gasteiger partial charge in [0, 0.05) is 39.8 Å². The summed E-state index contributed by atoms with van der Waals surface area (Å²) >= 11 is 3.40.